The molecular weight excluding hydrogens is 963 g/mol. The first-order chi connectivity index (χ1) is 35.8. The average Bonchev–Trinajstić information content (AvgIpc) is 3.40. The molecule has 0 aromatic heterocycles. The number of aliphatic hydroxyl groups excluding tert-OH is 11. The monoisotopic (exact) mass is 1060 g/mol. The van der Waals surface area contributed by atoms with Crippen LogP contribution in [0.3, 0.4) is 0 Å². The quantitative estimate of drug-likeness (QED) is 0.0307. The molecule has 3 fully saturated rings. The van der Waals surface area contributed by atoms with Crippen LogP contribution in [0.1, 0.15) is 174 Å². The molecule has 0 bridgehead atoms. The van der Waals surface area contributed by atoms with Crippen molar-refractivity contribution in [2.45, 2.75) is 279 Å². The second kappa shape index (κ2) is 39.4. The number of hydrogen-bond donors (Lipinski definition) is 12. The highest BCUT2D eigenvalue weighted by molar-refractivity contribution is 5.76. The summed E-state index contributed by atoms with van der Waals surface area (Å²) >= 11 is 0. The highest BCUT2D eigenvalue weighted by Crippen LogP contribution is 2.33. The van der Waals surface area contributed by atoms with E-state index >= 15 is 0 Å². The molecule has 1 amide bonds. The Morgan fingerprint density at radius 3 is 1.35 bits per heavy atom. The summed E-state index contributed by atoms with van der Waals surface area (Å²) in [6.07, 6.45) is 12.9. The van der Waals surface area contributed by atoms with E-state index in [9.17, 15) is 61.0 Å². The average molecular weight is 1060 g/mol. The Labute approximate surface area is 440 Å². The molecule has 17 atom stereocenters. The summed E-state index contributed by atoms with van der Waals surface area (Å²) in [4.78, 5) is 13.2. The molecule has 3 rings (SSSR count). The van der Waals surface area contributed by atoms with Gasteiger partial charge in [-0.15, -0.1) is 0 Å². The molecule has 0 aromatic rings. The Bertz CT molecular complexity index is 1500. The second-order valence-corrected chi connectivity index (χ2v) is 20.4. The third-order valence-corrected chi connectivity index (χ3v) is 14.2. The number of rotatable bonds is 40. The van der Waals surface area contributed by atoms with Crippen molar-refractivity contribution in [2.24, 2.45) is 0 Å². The molecule has 19 nitrogen and oxygen atoms in total. The van der Waals surface area contributed by atoms with Crippen LogP contribution in [0.15, 0.2) is 36.5 Å². The Hall–Kier alpha value is -1.99. The summed E-state index contributed by atoms with van der Waals surface area (Å²) in [6.45, 7) is 1.65. The summed E-state index contributed by atoms with van der Waals surface area (Å²) in [5.74, 6) is -0.294. The van der Waals surface area contributed by atoms with Gasteiger partial charge in [-0.05, 0) is 44.9 Å². The fourth-order valence-corrected chi connectivity index (χ4v) is 9.46. The van der Waals surface area contributed by atoms with Crippen LogP contribution in [0.25, 0.3) is 0 Å². The normalized spacial score (nSPS) is 31.7. The van der Waals surface area contributed by atoms with Crippen LogP contribution in [0.5, 0.6) is 0 Å². The van der Waals surface area contributed by atoms with Crippen molar-refractivity contribution in [3.05, 3.63) is 36.5 Å². The van der Waals surface area contributed by atoms with Gasteiger partial charge in [0.05, 0.1) is 38.6 Å². The zero-order chi connectivity index (χ0) is 54.1. The van der Waals surface area contributed by atoms with E-state index in [2.05, 4.69) is 43.5 Å². The first kappa shape index (κ1) is 66.3. The minimum Gasteiger partial charge on any atom is -0.394 e. The molecule has 3 heterocycles. The van der Waals surface area contributed by atoms with Gasteiger partial charge in [0.15, 0.2) is 18.9 Å². The lowest BCUT2D eigenvalue weighted by molar-refractivity contribution is -0.379. The number of ether oxygens (including phenoxy) is 6. The largest absolute Gasteiger partial charge is 0.394 e. The van der Waals surface area contributed by atoms with Crippen molar-refractivity contribution in [1.82, 2.24) is 5.32 Å². The lowest BCUT2D eigenvalue weighted by Crippen LogP contribution is -2.66. The van der Waals surface area contributed by atoms with E-state index in [0.29, 0.717) is 12.8 Å². The summed E-state index contributed by atoms with van der Waals surface area (Å²) < 4.78 is 34.1. The number of allylic oxidation sites excluding steroid dienone is 5. The van der Waals surface area contributed by atoms with E-state index in [1.165, 1.54) is 96.3 Å². The van der Waals surface area contributed by atoms with Crippen LogP contribution in [-0.4, -0.2) is 193 Å². The number of amides is 1. The second-order valence-electron chi connectivity index (χ2n) is 20.4. The number of unbranched alkanes of at least 4 members (excludes halogenated alkanes) is 20. The van der Waals surface area contributed by atoms with E-state index in [1.54, 1.807) is 6.08 Å². The van der Waals surface area contributed by atoms with E-state index in [0.717, 1.165) is 44.9 Å². The minimum atomic E-state index is -1.98. The van der Waals surface area contributed by atoms with Gasteiger partial charge in [-0.25, -0.2) is 0 Å². The number of nitrogens with one attached hydrogen (secondary N) is 1. The predicted octanol–water partition coefficient (Wildman–Crippen LogP) is 3.76. The van der Waals surface area contributed by atoms with Crippen LogP contribution in [-0.2, 0) is 33.2 Å². The van der Waals surface area contributed by atoms with Crippen LogP contribution in [0.2, 0.25) is 0 Å². The maximum Gasteiger partial charge on any atom is 0.220 e. The fourth-order valence-electron chi connectivity index (χ4n) is 9.46. The van der Waals surface area contributed by atoms with Gasteiger partial charge in [-0.2, -0.15) is 0 Å². The van der Waals surface area contributed by atoms with Gasteiger partial charge >= 0.3 is 0 Å². The van der Waals surface area contributed by atoms with Crippen molar-refractivity contribution in [1.29, 1.82) is 0 Å². The van der Waals surface area contributed by atoms with Gasteiger partial charge in [-0.1, -0.05) is 159 Å². The van der Waals surface area contributed by atoms with Crippen molar-refractivity contribution in [3.8, 4) is 0 Å². The van der Waals surface area contributed by atoms with Gasteiger partial charge in [0.1, 0.15) is 73.2 Å². The van der Waals surface area contributed by atoms with Gasteiger partial charge < -0.3 is 89.9 Å². The fraction of sp³-hybridized carbons (Fsp3) is 0.873. The number of carbonyl (C=O) groups excluding carboxylic acids is 1. The Morgan fingerprint density at radius 1 is 0.473 bits per heavy atom. The molecule has 432 valence electrons. The molecule has 3 saturated heterocycles. The topological polar surface area (TPSA) is 307 Å². The Morgan fingerprint density at radius 2 is 0.865 bits per heavy atom. The van der Waals surface area contributed by atoms with E-state index in [4.69, 9.17) is 28.4 Å². The number of hydrogen-bond acceptors (Lipinski definition) is 18. The van der Waals surface area contributed by atoms with Crippen molar-refractivity contribution < 1.29 is 89.4 Å². The lowest BCUT2D eigenvalue weighted by atomic mass is 9.96. The summed E-state index contributed by atoms with van der Waals surface area (Å²) in [6, 6.07) is -0.991. The molecule has 74 heavy (non-hydrogen) atoms. The first-order valence-corrected chi connectivity index (χ1v) is 28.2. The van der Waals surface area contributed by atoms with Crippen molar-refractivity contribution >= 4 is 5.91 Å². The predicted molar refractivity (Wildman–Crippen MR) is 277 cm³/mol. The van der Waals surface area contributed by atoms with Crippen molar-refractivity contribution in [3.63, 3.8) is 0 Å². The molecular formula is C55H99NO18. The van der Waals surface area contributed by atoms with Crippen LogP contribution in [0, 0.1) is 0 Å². The van der Waals surface area contributed by atoms with Gasteiger partial charge in [-0.3, -0.25) is 4.79 Å². The third kappa shape index (κ3) is 23.9. The molecule has 12 N–H and O–H groups in total. The molecule has 0 spiro atoms. The molecule has 19 heteroatoms. The Balaban J connectivity index is 1.54. The van der Waals surface area contributed by atoms with E-state index < -0.39 is 124 Å². The lowest BCUT2D eigenvalue weighted by Gasteiger charge is -2.48. The highest BCUT2D eigenvalue weighted by Gasteiger charge is 2.53. The summed E-state index contributed by atoms with van der Waals surface area (Å²) in [7, 11) is 0. The highest BCUT2D eigenvalue weighted by atomic mass is 16.8. The molecule has 3 aliphatic heterocycles. The van der Waals surface area contributed by atoms with Crippen molar-refractivity contribution in [2.75, 3.05) is 26.4 Å². The van der Waals surface area contributed by atoms with E-state index in [-0.39, 0.29) is 18.9 Å². The SMILES string of the molecule is CCCCCCCCCCC/C=C/CC/C=C/CC/C=C/C(O)C(COC1OC(CO)C(OC2OC(CO)C(OC3OC(CO)C(O)C(O)C3O)C(O)C2O)C(O)C1O)NC(=O)CCCCCCCCCCCC. The molecule has 3 aliphatic rings. The molecule has 0 radical (unpaired) electrons. The van der Waals surface area contributed by atoms with Crippen LogP contribution in [0.4, 0.5) is 0 Å². The van der Waals surface area contributed by atoms with Crippen LogP contribution < -0.4 is 5.32 Å². The summed E-state index contributed by atoms with van der Waals surface area (Å²) in [5, 5.41) is 120. The van der Waals surface area contributed by atoms with Gasteiger partial charge in [0.25, 0.3) is 0 Å². The molecule has 0 saturated carbocycles. The van der Waals surface area contributed by atoms with Crippen LogP contribution >= 0.6 is 0 Å². The maximum absolute atomic E-state index is 13.2. The van der Waals surface area contributed by atoms with Gasteiger partial charge in [0, 0.05) is 6.42 Å². The molecule has 17 unspecified atom stereocenters. The maximum atomic E-state index is 13.2. The number of aliphatic hydroxyl groups is 11. The first-order valence-electron chi connectivity index (χ1n) is 28.2. The van der Waals surface area contributed by atoms with E-state index in [1.807, 2.05) is 6.08 Å². The standard InChI is InChI=1S/C55H99NO18/c1-3-5-7-9-11-13-15-16-17-18-19-20-21-22-23-24-26-28-30-32-39(60)38(56-43(61)33-31-29-27-25-14-12-10-8-6-4-2)37-69-53-49(67)46(64)51(41(35-58)71-53)74-55-50(68)47(65)52(42(36-59)72-55)73-54-48(66)45(63)44(62)40(34-57)70-54/h19-20,23-24,30,32,38-42,44-55,57-60,62-68H,3-18,21-22,25-29,31,33-37H2,1-2H3,(H,56,61)/b20-19+,24-23+,32-30+. The third-order valence-electron chi connectivity index (χ3n) is 14.2. The number of carbonyl (C=O) groups is 1. The van der Waals surface area contributed by atoms with Gasteiger partial charge in [0.2, 0.25) is 5.91 Å². The Kier molecular flexibility index (Phi) is 35.3. The minimum absolute atomic E-state index is 0.233. The zero-order valence-electron chi connectivity index (χ0n) is 44.6. The molecule has 0 aromatic carbocycles. The zero-order valence-corrected chi connectivity index (χ0v) is 44.6. The molecule has 0 aliphatic carbocycles. The smallest absolute Gasteiger partial charge is 0.220 e. The summed E-state index contributed by atoms with van der Waals surface area (Å²) in [5.41, 5.74) is 0.